The Morgan fingerprint density at radius 2 is 2.00 bits per heavy atom. The van der Waals surface area contributed by atoms with Crippen LogP contribution < -0.4 is 0 Å². The van der Waals surface area contributed by atoms with E-state index in [1.165, 1.54) is 12.1 Å². The molecule has 2 aliphatic heterocycles. The molecule has 2 aliphatic rings. The molecule has 2 fully saturated rings. The predicted molar refractivity (Wildman–Crippen MR) is 81.8 cm³/mol. The Hall–Kier alpha value is -1.46. The van der Waals surface area contributed by atoms with E-state index < -0.39 is 0 Å². The highest BCUT2D eigenvalue weighted by Gasteiger charge is 2.42. The average molecular weight is 306 g/mol. The molecule has 5 heteroatoms. The molecule has 3 rings (SSSR count). The Kier molecular flexibility index (Phi) is 4.74. The summed E-state index contributed by atoms with van der Waals surface area (Å²) in [6.45, 7) is 3.09. The Balaban J connectivity index is 1.67. The molecule has 0 aliphatic carbocycles. The van der Waals surface area contributed by atoms with Gasteiger partial charge in [-0.05, 0) is 30.5 Å². The number of piperidine rings is 1. The molecule has 1 aromatic rings. The van der Waals surface area contributed by atoms with Crippen molar-refractivity contribution in [2.75, 3.05) is 26.8 Å². The highest BCUT2D eigenvalue weighted by atomic mass is 19.1. The quantitative estimate of drug-likeness (QED) is 0.834. The minimum absolute atomic E-state index is 0.197. The predicted octanol–water partition coefficient (Wildman–Crippen LogP) is 2.04. The summed E-state index contributed by atoms with van der Waals surface area (Å²) < 4.78 is 18.1. The second-order valence-electron chi connectivity index (χ2n) is 6.14. The summed E-state index contributed by atoms with van der Waals surface area (Å²) in [4.78, 5) is 16.6. The molecule has 2 heterocycles. The van der Waals surface area contributed by atoms with Crippen LogP contribution in [0.5, 0.6) is 0 Å². The SMILES string of the molecule is COCCN1C(=O)CC[C@@H]2[C@H]1CCN2Cc1ccc(F)cc1. The van der Waals surface area contributed by atoms with Gasteiger partial charge in [-0.2, -0.15) is 0 Å². The van der Waals surface area contributed by atoms with E-state index in [1.54, 1.807) is 7.11 Å². The minimum Gasteiger partial charge on any atom is -0.383 e. The van der Waals surface area contributed by atoms with Gasteiger partial charge in [0.25, 0.3) is 0 Å². The topological polar surface area (TPSA) is 32.8 Å². The van der Waals surface area contributed by atoms with Gasteiger partial charge in [0.05, 0.1) is 6.61 Å². The van der Waals surface area contributed by atoms with Gasteiger partial charge >= 0.3 is 0 Å². The van der Waals surface area contributed by atoms with Gasteiger partial charge in [-0.1, -0.05) is 12.1 Å². The molecule has 0 radical (unpaired) electrons. The third-order valence-corrected chi connectivity index (χ3v) is 4.84. The van der Waals surface area contributed by atoms with Gasteiger partial charge in [0.15, 0.2) is 0 Å². The van der Waals surface area contributed by atoms with Crippen LogP contribution in [0.15, 0.2) is 24.3 Å². The van der Waals surface area contributed by atoms with Crippen molar-refractivity contribution in [2.24, 2.45) is 0 Å². The number of hydrogen-bond donors (Lipinski definition) is 0. The van der Waals surface area contributed by atoms with Crippen molar-refractivity contribution in [3.8, 4) is 0 Å². The summed E-state index contributed by atoms with van der Waals surface area (Å²) in [5, 5.41) is 0. The van der Waals surface area contributed by atoms with E-state index in [9.17, 15) is 9.18 Å². The monoisotopic (exact) mass is 306 g/mol. The number of hydrogen-bond acceptors (Lipinski definition) is 3. The highest BCUT2D eigenvalue weighted by molar-refractivity contribution is 5.77. The number of halogens is 1. The molecule has 1 amide bonds. The van der Waals surface area contributed by atoms with Crippen molar-refractivity contribution in [2.45, 2.75) is 37.9 Å². The van der Waals surface area contributed by atoms with Gasteiger partial charge in [-0.3, -0.25) is 9.69 Å². The molecule has 0 spiro atoms. The first-order valence-corrected chi connectivity index (χ1v) is 7.96. The Labute approximate surface area is 130 Å². The maximum atomic E-state index is 13.0. The zero-order valence-corrected chi connectivity index (χ0v) is 13.0. The fourth-order valence-electron chi connectivity index (χ4n) is 3.74. The van der Waals surface area contributed by atoms with E-state index in [2.05, 4.69) is 4.90 Å². The van der Waals surface area contributed by atoms with E-state index in [1.807, 2.05) is 17.0 Å². The van der Waals surface area contributed by atoms with E-state index in [0.29, 0.717) is 31.7 Å². The summed E-state index contributed by atoms with van der Waals surface area (Å²) in [5.74, 6) is 0.0546. The van der Waals surface area contributed by atoms with Crippen LogP contribution in [-0.4, -0.2) is 54.6 Å². The molecule has 1 aromatic carbocycles. The summed E-state index contributed by atoms with van der Waals surface area (Å²) in [6, 6.07) is 7.44. The van der Waals surface area contributed by atoms with E-state index in [-0.39, 0.29) is 11.7 Å². The first kappa shape index (κ1) is 15.4. The first-order chi connectivity index (χ1) is 10.7. The summed E-state index contributed by atoms with van der Waals surface area (Å²) in [6.07, 6.45) is 2.56. The number of ether oxygens (including phenoxy) is 1. The number of carbonyl (C=O) groups is 1. The van der Waals surface area contributed by atoms with Crippen molar-refractivity contribution in [1.82, 2.24) is 9.80 Å². The van der Waals surface area contributed by atoms with Crippen molar-refractivity contribution in [3.63, 3.8) is 0 Å². The lowest BCUT2D eigenvalue weighted by atomic mass is 9.96. The van der Waals surface area contributed by atoms with Gasteiger partial charge in [0.2, 0.25) is 5.91 Å². The zero-order chi connectivity index (χ0) is 15.5. The third-order valence-electron chi connectivity index (χ3n) is 4.84. The number of benzene rings is 1. The van der Waals surface area contributed by atoms with Crippen LogP contribution in [-0.2, 0) is 16.1 Å². The Bertz CT molecular complexity index is 520. The highest BCUT2D eigenvalue weighted by Crippen LogP contribution is 2.32. The van der Waals surface area contributed by atoms with Crippen LogP contribution in [0.2, 0.25) is 0 Å². The van der Waals surface area contributed by atoms with Crippen LogP contribution in [0.25, 0.3) is 0 Å². The molecule has 2 saturated heterocycles. The molecule has 0 aromatic heterocycles. The van der Waals surface area contributed by atoms with E-state index in [0.717, 1.165) is 31.5 Å². The van der Waals surface area contributed by atoms with E-state index >= 15 is 0 Å². The third kappa shape index (κ3) is 3.15. The van der Waals surface area contributed by atoms with Gasteiger partial charge in [0.1, 0.15) is 5.82 Å². The second-order valence-corrected chi connectivity index (χ2v) is 6.14. The molecule has 0 bridgehead atoms. The lowest BCUT2D eigenvalue weighted by molar-refractivity contribution is -0.138. The lowest BCUT2D eigenvalue weighted by Gasteiger charge is -2.39. The Morgan fingerprint density at radius 3 is 2.73 bits per heavy atom. The number of nitrogens with zero attached hydrogens (tertiary/aromatic N) is 2. The van der Waals surface area contributed by atoms with Gasteiger partial charge < -0.3 is 9.64 Å². The number of rotatable bonds is 5. The molecule has 2 atom stereocenters. The second kappa shape index (κ2) is 6.75. The van der Waals surface area contributed by atoms with Crippen LogP contribution in [0, 0.1) is 5.82 Å². The molecule has 4 nitrogen and oxygen atoms in total. The molecular weight excluding hydrogens is 283 g/mol. The normalized spacial score (nSPS) is 25.5. The summed E-state index contributed by atoms with van der Waals surface area (Å²) >= 11 is 0. The lowest BCUT2D eigenvalue weighted by Crippen LogP contribution is -2.52. The van der Waals surface area contributed by atoms with Gasteiger partial charge in [-0.25, -0.2) is 4.39 Å². The average Bonchev–Trinajstić information content (AvgIpc) is 2.92. The first-order valence-electron chi connectivity index (χ1n) is 7.96. The van der Waals surface area contributed by atoms with Crippen LogP contribution in [0.1, 0.15) is 24.8 Å². The molecule has 120 valence electrons. The number of fused-ring (bicyclic) bond motifs is 1. The largest absolute Gasteiger partial charge is 0.383 e. The molecule has 22 heavy (non-hydrogen) atoms. The molecule has 0 saturated carbocycles. The molecular formula is C17H23FN2O2. The maximum absolute atomic E-state index is 13.0. The van der Waals surface area contributed by atoms with Crippen molar-refractivity contribution >= 4 is 5.91 Å². The summed E-state index contributed by atoms with van der Waals surface area (Å²) in [7, 11) is 1.67. The Morgan fingerprint density at radius 1 is 1.23 bits per heavy atom. The molecule has 0 N–H and O–H groups in total. The number of likely N-dealkylation sites (tertiary alicyclic amines) is 2. The maximum Gasteiger partial charge on any atom is 0.223 e. The van der Waals surface area contributed by atoms with E-state index in [4.69, 9.17) is 4.74 Å². The fraction of sp³-hybridized carbons (Fsp3) is 0.588. The van der Waals surface area contributed by atoms with Crippen molar-refractivity contribution in [1.29, 1.82) is 0 Å². The van der Waals surface area contributed by atoms with Crippen LogP contribution in [0.4, 0.5) is 4.39 Å². The number of carbonyl (C=O) groups excluding carboxylic acids is 1. The zero-order valence-electron chi connectivity index (χ0n) is 13.0. The van der Waals surface area contributed by atoms with Crippen LogP contribution >= 0.6 is 0 Å². The standard InChI is InChI=1S/C17H23FN2O2/c1-22-11-10-20-16-8-9-19(15(16)6-7-17(20)21)12-13-2-4-14(18)5-3-13/h2-5,15-16H,6-12H2,1H3/t15-,16-/m1/s1. The van der Waals surface area contributed by atoms with Gasteiger partial charge in [-0.15, -0.1) is 0 Å². The number of amides is 1. The minimum atomic E-state index is -0.197. The number of methoxy groups -OCH3 is 1. The fourth-order valence-corrected chi connectivity index (χ4v) is 3.74. The summed E-state index contributed by atoms with van der Waals surface area (Å²) in [5.41, 5.74) is 1.13. The smallest absolute Gasteiger partial charge is 0.223 e. The molecule has 0 unspecified atom stereocenters. The van der Waals surface area contributed by atoms with Crippen LogP contribution in [0.3, 0.4) is 0 Å². The van der Waals surface area contributed by atoms with Crippen molar-refractivity contribution in [3.05, 3.63) is 35.6 Å². The van der Waals surface area contributed by atoms with Crippen molar-refractivity contribution < 1.29 is 13.9 Å². The van der Waals surface area contributed by atoms with Gasteiger partial charge in [0, 0.05) is 45.2 Å².